The summed E-state index contributed by atoms with van der Waals surface area (Å²) in [5, 5.41) is 0. The fraction of sp³-hybridized carbons (Fsp3) is 1.00. The Morgan fingerprint density at radius 3 is 0.810 bits per heavy atom. The van der Waals surface area contributed by atoms with Crippen LogP contribution in [-0.2, 0) is 0 Å². The first kappa shape index (κ1) is 15.4. The molecule has 0 bridgehead atoms. The van der Waals surface area contributed by atoms with Crippen LogP contribution in [-0.4, -0.2) is 0 Å². The molecule has 1 aromatic rings. The zero-order valence-corrected chi connectivity index (χ0v) is 16.4. The van der Waals surface area contributed by atoms with Gasteiger partial charge in [0.2, 0.25) is 0 Å². The Balaban J connectivity index is 1.54. The summed E-state index contributed by atoms with van der Waals surface area (Å²) in [4.78, 5) is 0. The highest BCUT2D eigenvalue weighted by molar-refractivity contribution is 8.73. The minimum atomic E-state index is 0.588. The monoisotopic (exact) mass is 342 g/mol. The maximum Gasteiger partial charge on any atom is 0.00491 e. The smallest absolute Gasteiger partial charge is 0.00491 e. The van der Waals surface area contributed by atoms with Crippen molar-refractivity contribution in [3.63, 3.8) is 0 Å². The van der Waals surface area contributed by atoms with Crippen molar-refractivity contribution >= 4 is 20.7 Å². The summed E-state index contributed by atoms with van der Waals surface area (Å²) in [6, 6.07) is 0. The maximum absolute atomic E-state index is 1.66. The predicted molar refractivity (Wildman–Crippen MR) is 101 cm³/mol. The molecule has 3 saturated carbocycles. The topological polar surface area (TPSA) is 0 Å². The molecule has 0 amide bonds. The Kier molecular flexibility index (Phi) is 5.29. The van der Waals surface area contributed by atoms with Gasteiger partial charge in [-0.1, -0.05) is 78.5 Å². The fourth-order valence-corrected chi connectivity index (χ4v) is 35.5. The van der Waals surface area contributed by atoms with Gasteiger partial charge in [0.05, 0.1) is 0 Å². The van der Waals surface area contributed by atoms with Gasteiger partial charge in [-0.15, -0.1) is 0 Å². The Hall–Kier alpha value is 0.900. The highest BCUT2D eigenvalue weighted by atomic mass is 32.7. The Bertz CT molecular complexity index is 347. The molecule has 1 aromatic heterocycles. The second kappa shape index (κ2) is 7.20. The number of hydrogen-bond acceptors (Lipinski definition) is 0. The summed E-state index contributed by atoms with van der Waals surface area (Å²) < 4.78 is 0. The second-order valence-corrected chi connectivity index (χ2v) is 22.5. The van der Waals surface area contributed by atoms with Gasteiger partial charge in [-0.2, -0.15) is 0 Å². The molecule has 3 fully saturated rings. The molecule has 0 N–H and O–H groups in total. The summed E-state index contributed by atoms with van der Waals surface area (Å²) in [6.45, 7) is 1.77. The molecule has 0 saturated heterocycles. The minimum absolute atomic E-state index is 0.588. The third-order valence-corrected chi connectivity index (χ3v) is 27.7. The van der Waals surface area contributed by atoms with Gasteiger partial charge in [-0.25, -0.2) is 0 Å². The first-order chi connectivity index (χ1) is 10.4. The molecule has 0 aliphatic heterocycles. The fourth-order valence-electron chi connectivity index (χ4n) is 5.10. The van der Waals surface area contributed by atoms with Crippen molar-refractivity contribution in [3.8, 4) is 0 Å². The number of hydrogen-bond donors (Lipinski definition) is 0. The molecule has 3 aliphatic carbocycles. The molecule has 0 spiro atoms. The molecule has 0 radical (unpaired) electrons. The quantitative estimate of drug-likeness (QED) is 0.513. The standard InChI is InChI=1S/C18H33P3/c1-4-10-16(11-5-1)19-20(17-12-6-2-7-13-17)21(19)18-14-8-3-9-15-18/h16-18H,1-15H2. The molecule has 3 heteroatoms. The van der Waals surface area contributed by atoms with E-state index in [4.69, 9.17) is 0 Å². The van der Waals surface area contributed by atoms with Gasteiger partial charge in [0, 0.05) is 17.0 Å². The van der Waals surface area contributed by atoms with Crippen LogP contribution in [0.15, 0.2) is 0 Å². The van der Waals surface area contributed by atoms with Crippen molar-refractivity contribution < 1.29 is 0 Å². The van der Waals surface area contributed by atoms with Crippen LogP contribution in [0.3, 0.4) is 0 Å². The van der Waals surface area contributed by atoms with E-state index in [9.17, 15) is 0 Å². The van der Waals surface area contributed by atoms with Crippen molar-refractivity contribution in [3.05, 3.63) is 0 Å². The van der Waals surface area contributed by atoms with Crippen LogP contribution in [0.1, 0.15) is 113 Å². The molecule has 1 heterocycles. The molecule has 4 rings (SSSR count). The first-order valence-electron chi connectivity index (χ1n) is 9.82. The van der Waals surface area contributed by atoms with Crippen molar-refractivity contribution in [1.29, 1.82) is 0 Å². The second-order valence-electron chi connectivity index (χ2n) is 7.84. The molecule has 0 unspecified atom stereocenters. The van der Waals surface area contributed by atoms with E-state index in [-0.39, 0.29) is 0 Å². The highest BCUT2D eigenvalue weighted by Gasteiger charge is 2.38. The van der Waals surface area contributed by atoms with Crippen molar-refractivity contribution in [2.24, 2.45) is 0 Å². The predicted octanol–water partition coefficient (Wildman–Crippen LogP) is 9.16. The van der Waals surface area contributed by atoms with E-state index in [0.29, 0.717) is 20.7 Å². The average Bonchev–Trinajstić information content (AvgIpc) is 3.33. The Morgan fingerprint density at radius 1 is 0.333 bits per heavy atom. The van der Waals surface area contributed by atoms with E-state index >= 15 is 0 Å². The lowest BCUT2D eigenvalue weighted by Crippen LogP contribution is -1.97. The minimum Gasteiger partial charge on any atom is -0.0725 e. The van der Waals surface area contributed by atoms with E-state index in [1.165, 1.54) is 17.0 Å². The van der Waals surface area contributed by atoms with Gasteiger partial charge >= 0.3 is 0 Å². The van der Waals surface area contributed by atoms with Crippen molar-refractivity contribution in [1.82, 2.24) is 0 Å². The average molecular weight is 342 g/mol. The maximum atomic E-state index is 1.66. The molecule has 0 nitrogen and oxygen atoms in total. The molecule has 0 aromatic carbocycles. The summed E-state index contributed by atoms with van der Waals surface area (Å²) >= 11 is 0. The lowest BCUT2D eigenvalue weighted by atomic mass is 10.0. The third-order valence-electron chi connectivity index (χ3n) is 6.30. The summed E-state index contributed by atoms with van der Waals surface area (Å²) in [5.41, 5.74) is 3.82. The van der Waals surface area contributed by atoms with Gasteiger partial charge in [-0.05, 0) is 38.5 Å². The van der Waals surface area contributed by atoms with E-state index in [0.717, 1.165) is 0 Å². The zero-order valence-electron chi connectivity index (χ0n) is 13.7. The molecule has 120 valence electrons. The molecular formula is C18H33P3. The van der Waals surface area contributed by atoms with Crippen LogP contribution in [0.4, 0.5) is 0 Å². The van der Waals surface area contributed by atoms with E-state index < -0.39 is 0 Å². The van der Waals surface area contributed by atoms with E-state index in [2.05, 4.69) is 0 Å². The van der Waals surface area contributed by atoms with Crippen LogP contribution >= 0.6 is 20.7 Å². The Morgan fingerprint density at radius 2 is 0.571 bits per heavy atom. The SMILES string of the molecule is C1CCC(p2p(C3CCCCC3)p2C2CCCCC2)CC1. The molecular weight excluding hydrogens is 309 g/mol. The number of rotatable bonds is 3. The van der Waals surface area contributed by atoms with Gasteiger partial charge in [-0.3, -0.25) is 0 Å². The van der Waals surface area contributed by atoms with Crippen LogP contribution in [0.2, 0.25) is 0 Å². The largest absolute Gasteiger partial charge is 0.0725 e. The van der Waals surface area contributed by atoms with Crippen LogP contribution in [0.5, 0.6) is 0 Å². The first-order valence-corrected chi connectivity index (χ1v) is 16.2. The molecule has 21 heavy (non-hydrogen) atoms. The van der Waals surface area contributed by atoms with Crippen LogP contribution in [0.25, 0.3) is 0 Å². The third kappa shape index (κ3) is 3.39. The summed E-state index contributed by atoms with van der Waals surface area (Å²) in [7, 11) is 0. The molecule has 0 atom stereocenters. The zero-order chi connectivity index (χ0) is 14.1. The highest BCUT2D eigenvalue weighted by Crippen LogP contribution is 2.99. The Labute approximate surface area is 134 Å². The van der Waals surface area contributed by atoms with E-state index in [1.54, 1.807) is 96.3 Å². The lowest BCUT2D eigenvalue weighted by molar-refractivity contribution is 0.487. The van der Waals surface area contributed by atoms with E-state index in [1.807, 2.05) is 0 Å². The van der Waals surface area contributed by atoms with Gasteiger partial charge < -0.3 is 0 Å². The molecule has 3 aliphatic rings. The van der Waals surface area contributed by atoms with Gasteiger partial charge in [0.1, 0.15) is 0 Å². The van der Waals surface area contributed by atoms with Crippen molar-refractivity contribution in [2.75, 3.05) is 0 Å². The normalized spacial score (nSPS) is 30.0. The van der Waals surface area contributed by atoms with Gasteiger partial charge in [0.15, 0.2) is 0 Å². The van der Waals surface area contributed by atoms with Crippen molar-refractivity contribution in [2.45, 2.75) is 113 Å². The summed E-state index contributed by atoms with van der Waals surface area (Å²) in [6.07, 6.45) is 24.1. The summed E-state index contributed by atoms with van der Waals surface area (Å²) in [5.74, 6) is 0. The lowest BCUT2D eigenvalue weighted by Gasteiger charge is -2.21. The van der Waals surface area contributed by atoms with Gasteiger partial charge in [0.25, 0.3) is 0 Å². The van der Waals surface area contributed by atoms with Crippen LogP contribution in [0, 0.1) is 0 Å². The van der Waals surface area contributed by atoms with Crippen LogP contribution < -0.4 is 0 Å².